The van der Waals surface area contributed by atoms with Crippen molar-refractivity contribution in [1.82, 2.24) is 0 Å². The van der Waals surface area contributed by atoms with Crippen molar-refractivity contribution in [3.63, 3.8) is 0 Å². The normalized spacial score (nSPS) is 10.9. The van der Waals surface area contributed by atoms with Crippen LogP contribution in [0.3, 0.4) is 0 Å². The third-order valence-corrected chi connectivity index (χ3v) is 4.73. The average molecular weight is 393 g/mol. The van der Waals surface area contributed by atoms with E-state index in [1.54, 1.807) is 0 Å². The number of nitrogens with one attached hydrogen (secondary N) is 2. The molecule has 0 heterocycles. The van der Waals surface area contributed by atoms with Gasteiger partial charge in [-0.1, -0.05) is 59.7 Å². The first-order valence-electron chi connectivity index (χ1n) is 9.94. The van der Waals surface area contributed by atoms with Gasteiger partial charge >= 0.3 is 0 Å². The zero-order valence-electron chi connectivity index (χ0n) is 17.1. The molecule has 4 aromatic carbocycles. The van der Waals surface area contributed by atoms with Crippen LogP contribution in [0.25, 0.3) is 0 Å². The van der Waals surface area contributed by atoms with Gasteiger partial charge in [0.05, 0.1) is 11.4 Å². The maximum Gasteiger partial charge on any atom is 0.109 e. The third-order valence-electron chi connectivity index (χ3n) is 4.73. The van der Waals surface area contributed by atoms with Gasteiger partial charge in [-0.2, -0.15) is 0 Å². The summed E-state index contributed by atoms with van der Waals surface area (Å²) in [6.45, 7) is 4.15. The highest BCUT2D eigenvalue weighted by atomic mass is 15.1. The minimum absolute atomic E-state index is 0.781. The van der Waals surface area contributed by atoms with Crippen LogP contribution >= 0.6 is 0 Å². The molecule has 0 unspecified atom stereocenters. The number of anilines is 4. The van der Waals surface area contributed by atoms with E-state index in [2.05, 4.69) is 83.2 Å². The summed E-state index contributed by atoms with van der Waals surface area (Å²) < 4.78 is 0. The minimum Gasteiger partial charge on any atom is -0.354 e. The third kappa shape index (κ3) is 4.92. The molecule has 148 valence electrons. The molecule has 0 radical (unpaired) electrons. The van der Waals surface area contributed by atoms with Crippen LogP contribution in [0, 0.1) is 13.8 Å². The Morgan fingerprint density at radius 3 is 1.23 bits per heavy atom. The van der Waals surface area contributed by atoms with Crippen molar-refractivity contribution in [2.75, 3.05) is 10.6 Å². The van der Waals surface area contributed by atoms with Crippen LogP contribution in [0.4, 0.5) is 34.1 Å². The molecule has 0 saturated heterocycles. The molecule has 0 bridgehead atoms. The fourth-order valence-electron chi connectivity index (χ4n) is 3.03. The molecule has 0 spiro atoms. The second kappa shape index (κ2) is 9.05. The van der Waals surface area contributed by atoms with Gasteiger partial charge in [0.15, 0.2) is 0 Å². The van der Waals surface area contributed by atoms with E-state index in [1.807, 2.05) is 48.5 Å². The number of benzene rings is 4. The predicted octanol–water partition coefficient (Wildman–Crippen LogP) is 8.21. The first kappa shape index (κ1) is 19.4. The summed E-state index contributed by atoms with van der Waals surface area (Å²) in [5.41, 5.74) is 7.88. The lowest BCUT2D eigenvalue weighted by atomic mass is 10.2. The van der Waals surface area contributed by atoms with E-state index in [9.17, 15) is 0 Å². The molecular weight excluding hydrogens is 368 g/mol. The Balaban J connectivity index is 1.57. The lowest BCUT2D eigenvalue weighted by Gasteiger charge is -2.10. The molecule has 30 heavy (non-hydrogen) atoms. The maximum atomic E-state index is 4.53. The second-order valence-electron chi connectivity index (χ2n) is 7.22. The van der Waals surface area contributed by atoms with Crippen LogP contribution in [0.2, 0.25) is 0 Å². The Labute approximate surface area is 177 Å². The minimum atomic E-state index is 0.781. The lowest BCUT2D eigenvalue weighted by Crippen LogP contribution is -1.91. The van der Waals surface area contributed by atoms with Gasteiger partial charge in [-0.05, 0) is 62.4 Å². The number of rotatable bonds is 6. The number of hydrogen-bond acceptors (Lipinski definition) is 4. The van der Waals surface area contributed by atoms with Crippen LogP contribution < -0.4 is 10.6 Å². The summed E-state index contributed by atoms with van der Waals surface area (Å²) in [6.07, 6.45) is 0. The van der Waals surface area contributed by atoms with E-state index in [1.165, 1.54) is 11.1 Å². The van der Waals surface area contributed by atoms with Crippen LogP contribution in [0.5, 0.6) is 0 Å². The monoisotopic (exact) mass is 392 g/mol. The van der Waals surface area contributed by atoms with Gasteiger partial charge in [-0.3, -0.25) is 0 Å². The van der Waals surface area contributed by atoms with E-state index >= 15 is 0 Å². The summed E-state index contributed by atoms with van der Waals surface area (Å²) in [4.78, 5) is 0. The highest BCUT2D eigenvalue weighted by Gasteiger charge is 2.04. The van der Waals surface area contributed by atoms with Crippen LogP contribution in [-0.2, 0) is 0 Å². The van der Waals surface area contributed by atoms with Crippen LogP contribution in [0.15, 0.2) is 107 Å². The molecule has 0 atom stereocenters. The van der Waals surface area contributed by atoms with Crippen molar-refractivity contribution in [3.8, 4) is 0 Å². The molecule has 4 nitrogen and oxygen atoms in total. The molecule has 0 aliphatic rings. The largest absolute Gasteiger partial charge is 0.354 e. The number of nitrogens with zero attached hydrogens (tertiary/aromatic N) is 2. The van der Waals surface area contributed by atoms with Gasteiger partial charge in [-0.25, -0.2) is 0 Å². The fourth-order valence-corrected chi connectivity index (χ4v) is 3.03. The van der Waals surface area contributed by atoms with Gasteiger partial charge in [0.1, 0.15) is 11.4 Å². The van der Waals surface area contributed by atoms with Crippen molar-refractivity contribution in [3.05, 3.63) is 108 Å². The Kier molecular flexibility index (Phi) is 5.85. The lowest BCUT2D eigenvalue weighted by molar-refractivity contribution is 1.23. The fraction of sp³-hybridized carbons (Fsp3) is 0.0769. The molecule has 0 saturated carbocycles. The quantitative estimate of drug-likeness (QED) is 0.325. The summed E-state index contributed by atoms with van der Waals surface area (Å²) >= 11 is 0. The van der Waals surface area contributed by atoms with Crippen molar-refractivity contribution in [2.24, 2.45) is 10.2 Å². The number of azo groups is 1. The highest BCUT2D eigenvalue weighted by Crippen LogP contribution is 2.32. The number of para-hydroxylation sites is 2. The van der Waals surface area contributed by atoms with E-state index in [0.29, 0.717) is 0 Å². The highest BCUT2D eigenvalue weighted by molar-refractivity contribution is 5.74. The molecule has 0 aliphatic carbocycles. The predicted molar refractivity (Wildman–Crippen MR) is 126 cm³/mol. The average Bonchev–Trinajstić information content (AvgIpc) is 2.77. The zero-order valence-corrected chi connectivity index (χ0v) is 17.1. The van der Waals surface area contributed by atoms with Gasteiger partial charge in [0.2, 0.25) is 0 Å². The molecule has 4 aromatic rings. The van der Waals surface area contributed by atoms with E-state index in [-0.39, 0.29) is 0 Å². The standard InChI is InChI=1S/C26H24N4/c1-19-11-15-21(16-12-19)27-23-7-3-5-9-25(23)29-30-26-10-6-4-8-24(26)28-22-17-13-20(2)14-18-22/h3-18,27-28H,1-2H3. The molecule has 0 aromatic heterocycles. The first-order chi connectivity index (χ1) is 14.7. The molecular formula is C26H24N4. The molecule has 4 rings (SSSR count). The summed E-state index contributed by atoms with van der Waals surface area (Å²) in [7, 11) is 0. The Hall–Kier alpha value is -3.92. The van der Waals surface area contributed by atoms with Gasteiger partial charge < -0.3 is 10.6 Å². The van der Waals surface area contributed by atoms with Gasteiger partial charge in [0, 0.05) is 11.4 Å². The topological polar surface area (TPSA) is 48.8 Å². The van der Waals surface area contributed by atoms with Gasteiger partial charge in [0.25, 0.3) is 0 Å². The zero-order chi connectivity index (χ0) is 20.8. The van der Waals surface area contributed by atoms with Crippen LogP contribution in [0.1, 0.15) is 11.1 Å². The SMILES string of the molecule is Cc1ccc(Nc2ccccc2N=Nc2ccccc2Nc2ccc(C)cc2)cc1. The Morgan fingerprint density at radius 2 is 0.833 bits per heavy atom. The molecule has 0 fully saturated rings. The Morgan fingerprint density at radius 1 is 0.467 bits per heavy atom. The number of hydrogen-bond donors (Lipinski definition) is 2. The van der Waals surface area contributed by atoms with Crippen molar-refractivity contribution < 1.29 is 0 Å². The molecule has 0 aliphatic heterocycles. The summed E-state index contributed by atoms with van der Waals surface area (Å²) in [5.74, 6) is 0. The van der Waals surface area contributed by atoms with Crippen LogP contribution in [-0.4, -0.2) is 0 Å². The smallest absolute Gasteiger partial charge is 0.109 e. The van der Waals surface area contributed by atoms with E-state index in [0.717, 1.165) is 34.1 Å². The molecule has 2 N–H and O–H groups in total. The van der Waals surface area contributed by atoms with E-state index in [4.69, 9.17) is 0 Å². The molecule has 4 heteroatoms. The molecule has 0 amide bonds. The van der Waals surface area contributed by atoms with Gasteiger partial charge in [-0.15, -0.1) is 10.2 Å². The van der Waals surface area contributed by atoms with Crippen molar-refractivity contribution >= 4 is 34.1 Å². The van der Waals surface area contributed by atoms with Crippen molar-refractivity contribution in [1.29, 1.82) is 0 Å². The summed E-state index contributed by atoms with van der Waals surface area (Å²) in [6, 6.07) is 32.4. The van der Waals surface area contributed by atoms with E-state index < -0.39 is 0 Å². The Bertz CT molecular complexity index is 1050. The van der Waals surface area contributed by atoms with Crippen molar-refractivity contribution in [2.45, 2.75) is 13.8 Å². The number of aryl methyl sites for hydroxylation is 2. The second-order valence-corrected chi connectivity index (χ2v) is 7.22. The first-order valence-corrected chi connectivity index (χ1v) is 9.94. The summed E-state index contributed by atoms with van der Waals surface area (Å²) in [5, 5.41) is 15.9. The maximum absolute atomic E-state index is 4.53.